The zero-order valence-electron chi connectivity index (χ0n) is 3.83. The van der Waals surface area contributed by atoms with Crippen LogP contribution >= 0.6 is 0 Å². The third-order valence-electron chi connectivity index (χ3n) is 0. The van der Waals surface area contributed by atoms with Gasteiger partial charge in [-0.15, -0.1) is 10.1 Å². The summed E-state index contributed by atoms with van der Waals surface area (Å²) in [6.45, 7) is 0. The van der Waals surface area contributed by atoms with E-state index in [4.69, 9.17) is 32.8 Å². The van der Waals surface area contributed by atoms with Gasteiger partial charge in [-0.25, -0.2) is 0 Å². The zero-order chi connectivity index (χ0) is 8.08. The molecule has 0 aliphatic carbocycles. The SMILES string of the molecule is O=S(=O)(O)O.O=[N+]([O-])O.[BaH2].[BaH2]. The van der Waals surface area contributed by atoms with Crippen molar-refractivity contribution in [2.24, 2.45) is 0 Å². The van der Waals surface area contributed by atoms with Gasteiger partial charge in [0.2, 0.25) is 0 Å². The van der Waals surface area contributed by atoms with Gasteiger partial charge >= 0.3 is 108 Å². The Kier molecular flexibility index (Phi) is 25.8. The molecule has 0 fully saturated rings. The summed E-state index contributed by atoms with van der Waals surface area (Å²) in [5.41, 5.74) is 0. The van der Waals surface area contributed by atoms with Crippen LogP contribution in [0, 0.1) is 10.1 Å². The molecular weight excluding hydrogens is 433 g/mol. The standard InChI is InChI=1S/2Ba.HNO3.H2O4S.4H/c;;2-1(3)4;1-5(2,3)4;;;;/h;;(H,2,3,4);(H2,1,2,3,4);;;;. The van der Waals surface area contributed by atoms with Crippen LogP contribution in [0.5, 0.6) is 0 Å². The Hall–Kier alpha value is 2.21. The van der Waals surface area contributed by atoms with Crippen molar-refractivity contribution < 1.29 is 27.8 Å². The zero-order valence-corrected chi connectivity index (χ0v) is 4.65. The maximum atomic E-state index is 8.74. The first-order valence-electron chi connectivity index (χ1n) is 1.26. The molecule has 0 rings (SSSR count). The van der Waals surface area contributed by atoms with Crippen molar-refractivity contribution in [2.75, 3.05) is 0 Å². The van der Waals surface area contributed by atoms with Crippen molar-refractivity contribution in [3.63, 3.8) is 0 Å². The first-order chi connectivity index (χ1) is 3.73. The minimum absolute atomic E-state index is 0. The van der Waals surface area contributed by atoms with Crippen LogP contribution < -0.4 is 0 Å². The molecule has 8 nitrogen and oxygen atoms in total. The molecule has 0 aromatic heterocycles. The van der Waals surface area contributed by atoms with Crippen LogP contribution in [0.3, 0.4) is 0 Å². The van der Waals surface area contributed by atoms with Gasteiger partial charge in [0.05, 0.1) is 0 Å². The number of nitrogens with zero attached hydrogens (tertiary/aromatic N) is 1. The van der Waals surface area contributed by atoms with E-state index >= 15 is 0 Å². The van der Waals surface area contributed by atoms with E-state index in [1.54, 1.807) is 0 Å². The van der Waals surface area contributed by atoms with E-state index in [-0.39, 0.29) is 97.8 Å². The molecule has 0 bridgehead atoms. The van der Waals surface area contributed by atoms with Crippen LogP contribution in [0.4, 0.5) is 0 Å². The topological polar surface area (TPSA) is 138 Å². The third-order valence-corrected chi connectivity index (χ3v) is 0. The van der Waals surface area contributed by atoms with Crippen LogP contribution in [0.15, 0.2) is 0 Å². The van der Waals surface area contributed by atoms with Gasteiger partial charge in [0, 0.05) is 0 Å². The van der Waals surface area contributed by atoms with Gasteiger partial charge in [0.1, 0.15) is 0 Å². The first-order valence-corrected chi connectivity index (χ1v) is 2.66. The van der Waals surface area contributed by atoms with Crippen LogP contribution in [0.2, 0.25) is 0 Å². The fraction of sp³-hybridized carbons (Fsp3) is 0. The molecule has 0 aliphatic rings. The molecule has 11 heavy (non-hydrogen) atoms. The van der Waals surface area contributed by atoms with Crippen molar-refractivity contribution in [1.82, 2.24) is 0 Å². The summed E-state index contributed by atoms with van der Waals surface area (Å²) in [5.74, 6) is 0. The fourth-order valence-corrected chi connectivity index (χ4v) is 0. The van der Waals surface area contributed by atoms with E-state index < -0.39 is 15.5 Å². The van der Waals surface area contributed by atoms with E-state index in [2.05, 4.69) is 0 Å². The molecule has 0 heterocycles. The molecule has 3 N–H and O–H groups in total. The van der Waals surface area contributed by atoms with Gasteiger partial charge in [0.25, 0.3) is 5.09 Å². The Morgan fingerprint density at radius 1 is 1.18 bits per heavy atom. The van der Waals surface area contributed by atoms with Gasteiger partial charge in [0.15, 0.2) is 0 Å². The predicted molar refractivity (Wildman–Crippen MR) is 40.0 cm³/mol. The Balaban J connectivity index is -0.0000000383. The van der Waals surface area contributed by atoms with Crippen LogP contribution in [0.1, 0.15) is 0 Å². The first kappa shape index (κ1) is 23.2. The molecule has 0 aliphatic heterocycles. The molecule has 11 heteroatoms. The summed E-state index contributed by atoms with van der Waals surface area (Å²) in [4.78, 5) is 8.36. The van der Waals surface area contributed by atoms with Gasteiger partial charge in [-0.05, 0) is 0 Å². The van der Waals surface area contributed by atoms with Crippen molar-refractivity contribution in [2.45, 2.75) is 0 Å². The summed E-state index contributed by atoms with van der Waals surface area (Å²) in [6, 6.07) is 0. The van der Waals surface area contributed by atoms with Gasteiger partial charge in [-0.3, -0.25) is 9.11 Å². The van der Waals surface area contributed by atoms with E-state index in [1.165, 1.54) is 0 Å². The number of rotatable bonds is 0. The third kappa shape index (κ3) is 260. The van der Waals surface area contributed by atoms with Crippen molar-refractivity contribution >= 4 is 108 Å². The van der Waals surface area contributed by atoms with Crippen LogP contribution in [-0.2, 0) is 10.4 Å². The van der Waals surface area contributed by atoms with E-state index in [9.17, 15) is 0 Å². The molecule has 0 radical (unpaired) electrons. The summed E-state index contributed by atoms with van der Waals surface area (Å²) in [7, 11) is -4.67. The van der Waals surface area contributed by atoms with Gasteiger partial charge in [-0.1, -0.05) is 0 Å². The maximum absolute atomic E-state index is 8.74. The predicted octanol–water partition coefficient (Wildman–Crippen LogP) is -2.83. The van der Waals surface area contributed by atoms with Crippen molar-refractivity contribution in [1.29, 1.82) is 0 Å². The monoisotopic (exact) mass is 441 g/mol. The molecule has 0 aromatic carbocycles. The van der Waals surface area contributed by atoms with Crippen molar-refractivity contribution in [3.8, 4) is 0 Å². The second kappa shape index (κ2) is 12.2. The second-order valence-electron chi connectivity index (χ2n) is 0.686. The Morgan fingerprint density at radius 3 is 1.18 bits per heavy atom. The molecule has 0 saturated carbocycles. The van der Waals surface area contributed by atoms with Gasteiger partial charge < -0.3 is 5.21 Å². The minimum atomic E-state index is -4.67. The molecule has 0 spiro atoms. The molecule has 0 aromatic rings. The molecule has 0 amide bonds. The average Bonchev–Trinajstić information content (AvgIpc) is 1.19. The summed E-state index contributed by atoms with van der Waals surface area (Å²) in [6.07, 6.45) is 0. The molecule has 0 atom stereocenters. The summed E-state index contributed by atoms with van der Waals surface area (Å²) >= 11 is 0. The van der Waals surface area contributed by atoms with E-state index in [0.29, 0.717) is 0 Å². The molecule has 0 unspecified atom stereocenters. The normalized spacial score (nSPS) is 7.45. The average molecular weight is 440 g/mol. The fourth-order valence-electron chi connectivity index (χ4n) is 0. The van der Waals surface area contributed by atoms with Crippen molar-refractivity contribution in [3.05, 3.63) is 10.1 Å². The summed E-state index contributed by atoms with van der Waals surface area (Å²) < 4.78 is 31.6. The quantitative estimate of drug-likeness (QED) is 0.160. The number of hydrogen-bond donors (Lipinski definition) is 3. The Labute approximate surface area is 143 Å². The van der Waals surface area contributed by atoms with E-state index in [0.717, 1.165) is 0 Å². The molecule has 64 valence electrons. The number of hydrogen-bond acceptors (Lipinski definition) is 4. The Morgan fingerprint density at radius 2 is 1.18 bits per heavy atom. The summed E-state index contributed by atoms with van der Waals surface area (Å²) in [5, 5.41) is 13.6. The Bertz CT molecular complexity index is 159. The second-order valence-corrected chi connectivity index (χ2v) is 1.58. The van der Waals surface area contributed by atoms with Crippen LogP contribution in [0.25, 0.3) is 0 Å². The molecular formula is H7Ba2NO7S. The molecule has 0 saturated heterocycles. The van der Waals surface area contributed by atoms with Gasteiger partial charge in [-0.2, -0.15) is 8.42 Å². The van der Waals surface area contributed by atoms with E-state index in [1.807, 2.05) is 0 Å². The van der Waals surface area contributed by atoms with Crippen LogP contribution in [-0.4, -0.2) is 126 Å².